The lowest BCUT2D eigenvalue weighted by molar-refractivity contribution is -0.192. The van der Waals surface area contributed by atoms with Gasteiger partial charge in [-0.1, -0.05) is 17.2 Å². The Labute approximate surface area is 159 Å². The van der Waals surface area contributed by atoms with E-state index < -0.39 is 17.9 Å². The molecular formula is C16H14F3N3O5S. The Kier molecular flexibility index (Phi) is 6.82. The number of anilines is 1. The molecule has 0 amide bonds. The molecule has 3 aromatic rings. The van der Waals surface area contributed by atoms with Crippen LogP contribution < -0.4 is 15.8 Å². The van der Waals surface area contributed by atoms with Crippen LogP contribution in [0.4, 0.5) is 18.9 Å². The Bertz CT molecular complexity index is 967. The maximum absolute atomic E-state index is 11.7. The Morgan fingerprint density at radius 3 is 2.61 bits per heavy atom. The van der Waals surface area contributed by atoms with Gasteiger partial charge in [0.25, 0.3) is 0 Å². The van der Waals surface area contributed by atoms with E-state index in [1.54, 1.807) is 17.4 Å². The summed E-state index contributed by atoms with van der Waals surface area (Å²) >= 11 is 1.69. The van der Waals surface area contributed by atoms with E-state index in [0.29, 0.717) is 5.69 Å². The summed E-state index contributed by atoms with van der Waals surface area (Å²) in [4.78, 5) is 21.8. The first-order chi connectivity index (χ1) is 13.2. The summed E-state index contributed by atoms with van der Waals surface area (Å²) in [6.45, 7) is 0.734. The Hall–Kier alpha value is -3.28. The van der Waals surface area contributed by atoms with Gasteiger partial charge in [-0.25, -0.2) is 9.59 Å². The van der Waals surface area contributed by atoms with Crippen LogP contribution in [0.2, 0.25) is 0 Å². The first-order valence-corrected chi connectivity index (χ1v) is 8.39. The standard InChI is InChI=1S/C14H13N3O3S.C2HF3O2/c1-19-13-16-17(14(18)20-13)11-5-2-4-10(8-11)15-9-12-6-3-7-21-12;3-2(4,5)1(6)7/h2-8,15H,9H2,1H3;(H,6,7). The van der Waals surface area contributed by atoms with Crippen LogP contribution in [-0.2, 0) is 11.3 Å². The summed E-state index contributed by atoms with van der Waals surface area (Å²) in [6.07, 6.45) is -5.14. The van der Waals surface area contributed by atoms with E-state index in [-0.39, 0.29) is 6.08 Å². The molecule has 0 radical (unpaired) electrons. The molecule has 8 nitrogen and oxygen atoms in total. The quantitative estimate of drug-likeness (QED) is 0.657. The highest BCUT2D eigenvalue weighted by molar-refractivity contribution is 7.09. The van der Waals surface area contributed by atoms with Crippen molar-refractivity contribution in [2.24, 2.45) is 0 Å². The first kappa shape index (κ1) is 21.0. The molecule has 3 rings (SSSR count). The van der Waals surface area contributed by atoms with Crippen LogP contribution in [0.3, 0.4) is 0 Å². The van der Waals surface area contributed by atoms with Gasteiger partial charge in [0.1, 0.15) is 0 Å². The van der Waals surface area contributed by atoms with Crippen molar-refractivity contribution in [2.75, 3.05) is 12.4 Å². The number of hydrogen-bond donors (Lipinski definition) is 2. The zero-order valence-electron chi connectivity index (χ0n) is 14.3. The fraction of sp³-hybridized carbons (Fsp3) is 0.188. The minimum atomic E-state index is -5.08. The highest BCUT2D eigenvalue weighted by Gasteiger charge is 2.38. The Morgan fingerprint density at radius 2 is 2.07 bits per heavy atom. The second-order valence-corrected chi connectivity index (χ2v) is 6.07. The highest BCUT2D eigenvalue weighted by Crippen LogP contribution is 2.17. The third-order valence-corrected chi connectivity index (χ3v) is 3.96. The lowest BCUT2D eigenvalue weighted by Crippen LogP contribution is -2.21. The van der Waals surface area contributed by atoms with Gasteiger partial charge in [-0.15, -0.1) is 11.3 Å². The summed E-state index contributed by atoms with van der Waals surface area (Å²) in [7, 11) is 1.40. The van der Waals surface area contributed by atoms with Gasteiger partial charge >= 0.3 is 24.0 Å². The maximum Gasteiger partial charge on any atom is 0.490 e. The number of nitrogens with one attached hydrogen (secondary N) is 1. The molecule has 28 heavy (non-hydrogen) atoms. The number of carboxylic acids is 1. The van der Waals surface area contributed by atoms with Gasteiger partial charge in [0.15, 0.2) is 0 Å². The van der Waals surface area contributed by atoms with E-state index in [0.717, 1.165) is 16.9 Å². The van der Waals surface area contributed by atoms with Gasteiger partial charge in [0, 0.05) is 17.1 Å². The summed E-state index contributed by atoms with van der Waals surface area (Å²) < 4.78 is 42.5. The number of aliphatic carboxylic acids is 1. The number of carbonyl (C=O) groups is 1. The fourth-order valence-electron chi connectivity index (χ4n) is 1.86. The van der Waals surface area contributed by atoms with Gasteiger partial charge in [-0.05, 0) is 29.6 Å². The predicted octanol–water partition coefficient (Wildman–Crippen LogP) is 3.14. The van der Waals surface area contributed by atoms with Crippen molar-refractivity contribution in [2.45, 2.75) is 12.7 Å². The molecule has 12 heteroatoms. The summed E-state index contributed by atoms with van der Waals surface area (Å²) in [6, 6.07) is 11.5. The monoisotopic (exact) mass is 417 g/mol. The van der Waals surface area contributed by atoms with Crippen molar-refractivity contribution in [3.63, 3.8) is 0 Å². The summed E-state index contributed by atoms with van der Waals surface area (Å²) in [5, 5.41) is 16.4. The van der Waals surface area contributed by atoms with E-state index in [2.05, 4.69) is 16.5 Å². The lowest BCUT2D eigenvalue weighted by atomic mass is 10.2. The van der Waals surface area contributed by atoms with Crippen LogP contribution in [0.5, 0.6) is 6.08 Å². The van der Waals surface area contributed by atoms with E-state index in [1.165, 1.54) is 12.0 Å². The molecule has 2 heterocycles. The van der Waals surface area contributed by atoms with Gasteiger partial charge < -0.3 is 19.6 Å². The predicted molar refractivity (Wildman–Crippen MR) is 94.0 cm³/mol. The number of aromatic nitrogens is 2. The van der Waals surface area contributed by atoms with Gasteiger partial charge in [-0.2, -0.15) is 17.9 Å². The SMILES string of the molecule is COc1nn(-c2cccc(NCc3cccs3)c2)c(=O)o1.O=C(O)C(F)(F)F. The van der Waals surface area contributed by atoms with E-state index in [9.17, 15) is 18.0 Å². The molecule has 0 aliphatic carbocycles. The van der Waals surface area contributed by atoms with Crippen LogP contribution in [0.1, 0.15) is 4.88 Å². The Morgan fingerprint density at radius 1 is 1.36 bits per heavy atom. The number of methoxy groups -OCH3 is 1. The molecule has 0 aliphatic rings. The summed E-state index contributed by atoms with van der Waals surface area (Å²) in [5.41, 5.74) is 1.51. The number of rotatable bonds is 5. The number of nitrogens with zero attached hydrogens (tertiary/aromatic N) is 2. The van der Waals surface area contributed by atoms with E-state index in [1.807, 2.05) is 29.6 Å². The molecule has 0 unspecified atom stereocenters. The topological polar surface area (TPSA) is 107 Å². The van der Waals surface area contributed by atoms with Crippen molar-refractivity contribution >= 4 is 23.0 Å². The third-order valence-electron chi connectivity index (χ3n) is 3.08. The smallest absolute Gasteiger partial charge is 0.475 e. The zero-order valence-corrected chi connectivity index (χ0v) is 15.1. The normalized spacial score (nSPS) is 10.7. The molecule has 150 valence electrons. The van der Waals surface area contributed by atoms with Gasteiger partial charge in [0.05, 0.1) is 12.8 Å². The van der Waals surface area contributed by atoms with Crippen LogP contribution in [0, 0.1) is 0 Å². The molecule has 1 aromatic carbocycles. The summed E-state index contributed by atoms with van der Waals surface area (Å²) in [5.74, 6) is -3.34. The average Bonchev–Trinajstić information content (AvgIpc) is 3.29. The maximum atomic E-state index is 11.7. The third kappa shape index (κ3) is 5.87. The first-order valence-electron chi connectivity index (χ1n) is 7.51. The minimum absolute atomic E-state index is 0.0584. The largest absolute Gasteiger partial charge is 0.490 e. The molecule has 0 saturated carbocycles. The Balaban J connectivity index is 0.000000345. The van der Waals surface area contributed by atoms with Crippen molar-refractivity contribution in [3.05, 3.63) is 57.2 Å². The average molecular weight is 417 g/mol. The molecule has 2 aromatic heterocycles. The molecule has 0 atom stereocenters. The van der Waals surface area contributed by atoms with Gasteiger partial charge in [-0.3, -0.25) is 0 Å². The van der Waals surface area contributed by atoms with E-state index in [4.69, 9.17) is 19.1 Å². The zero-order chi connectivity index (χ0) is 20.7. The van der Waals surface area contributed by atoms with Crippen LogP contribution in [0.25, 0.3) is 5.69 Å². The van der Waals surface area contributed by atoms with Crippen molar-refractivity contribution in [1.29, 1.82) is 0 Å². The molecule has 0 fully saturated rings. The molecular weight excluding hydrogens is 403 g/mol. The number of halogens is 3. The van der Waals surface area contributed by atoms with Crippen molar-refractivity contribution < 1.29 is 32.2 Å². The van der Waals surface area contributed by atoms with Crippen LogP contribution in [-0.4, -0.2) is 34.1 Å². The fourth-order valence-corrected chi connectivity index (χ4v) is 2.50. The molecule has 0 spiro atoms. The number of carboxylic acid groups (broad SMARTS) is 1. The second kappa shape index (κ2) is 9.08. The minimum Gasteiger partial charge on any atom is -0.475 e. The number of alkyl halides is 3. The number of ether oxygens (including phenoxy) is 1. The highest BCUT2D eigenvalue weighted by atomic mass is 32.1. The number of benzene rings is 1. The van der Waals surface area contributed by atoms with Crippen LogP contribution >= 0.6 is 11.3 Å². The number of thiophene rings is 1. The van der Waals surface area contributed by atoms with Gasteiger partial charge in [0.2, 0.25) is 0 Å². The molecule has 0 saturated heterocycles. The second-order valence-electron chi connectivity index (χ2n) is 5.04. The molecule has 0 aliphatic heterocycles. The van der Waals surface area contributed by atoms with Crippen molar-refractivity contribution in [3.8, 4) is 11.8 Å². The lowest BCUT2D eigenvalue weighted by Gasteiger charge is -2.06. The number of hydrogen-bond acceptors (Lipinski definition) is 7. The molecule has 0 bridgehead atoms. The van der Waals surface area contributed by atoms with Crippen LogP contribution in [0.15, 0.2) is 51.0 Å². The molecule has 2 N–H and O–H groups in total. The van der Waals surface area contributed by atoms with E-state index >= 15 is 0 Å². The van der Waals surface area contributed by atoms with Crippen molar-refractivity contribution in [1.82, 2.24) is 9.78 Å².